The van der Waals surface area contributed by atoms with Gasteiger partial charge in [-0.05, 0) is 30.5 Å². The lowest BCUT2D eigenvalue weighted by molar-refractivity contribution is -0.126. The number of morpholine rings is 1. The van der Waals surface area contributed by atoms with Crippen molar-refractivity contribution in [3.63, 3.8) is 0 Å². The highest BCUT2D eigenvalue weighted by Gasteiger charge is 2.36. The van der Waals surface area contributed by atoms with Crippen LogP contribution in [-0.2, 0) is 14.9 Å². The standard InChI is InChI=1S/C17H23ClN2O2.ClH/c18-14-5-3-13(4-6-14)17(7-1-2-8-17)12-20-16(21)15-11-22-10-9-19-15;/h3-6,15,19H,1-2,7-12H2,(H,20,21);1H. The predicted molar refractivity (Wildman–Crippen MR) is 94.5 cm³/mol. The molecule has 1 aliphatic heterocycles. The number of halogens is 2. The van der Waals surface area contributed by atoms with Gasteiger partial charge in [-0.2, -0.15) is 0 Å². The molecule has 128 valence electrons. The van der Waals surface area contributed by atoms with Crippen molar-refractivity contribution < 1.29 is 9.53 Å². The first-order valence-corrected chi connectivity index (χ1v) is 8.42. The van der Waals surface area contributed by atoms with Crippen LogP contribution in [0.4, 0.5) is 0 Å². The number of carbonyl (C=O) groups excluding carboxylic acids is 1. The van der Waals surface area contributed by atoms with Gasteiger partial charge in [-0.25, -0.2) is 0 Å². The van der Waals surface area contributed by atoms with E-state index in [1.165, 1.54) is 18.4 Å². The summed E-state index contributed by atoms with van der Waals surface area (Å²) in [5, 5.41) is 7.09. The topological polar surface area (TPSA) is 50.4 Å². The Morgan fingerprint density at radius 1 is 1.30 bits per heavy atom. The summed E-state index contributed by atoms with van der Waals surface area (Å²) in [6.07, 6.45) is 4.65. The van der Waals surface area contributed by atoms with Crippen LogP contribution in [0.3, 0.4) is 0 Å². The quantitative estimate of drug-likeness (QED) is 0.869. The fourth-order valence-electron chi connectivity index (χ4n) is 3.54. The molecule has 1 aliphatic carbocycles. The van der Waals surface area contributed by atoms with E-state index in [4.69, 9.17) is 16.3 Å². The summed E-state index contributed by atoms with van der Waals surface area (Å²) >= 11 is 6.00. The van der Waals surface area contributed by atoms with Crippen LogP contribution >= 0.6 is 24.0 Å². The third kappa shape index (κ3) is 4.38. The number of nitrogens with one attached hydrogen (secondary N) is 2. The van der Waals surface area contributed by atoms with E-state index in [0.717, 1.165) is 24.4 Å². The van der Waals surface area contributed by atoms with Crippen LogP contribution in [0.25, 0.3) is 0 Å². The predicted octanol–water partition coefficient (Wildman–Crippen LogP) is 2.68. The summed E-state index contributed by atoms with van der Waals surface area (Å²) in [5.74, 6) is 0.0416. The second kappa shape index (κ2) is 8.34. The van der Waals surface area contributed by atoms with Crippen LogP contribution in [0.15, 0.2) is 24.3 Å². The molecule has 6 heteroatoms. The molecular formula is C17H24Cl2N2O2. The SMILES string of the molecule is Cl.O=C(NCC1(c2ccc(Cl)cc2)CCCC1)C1COCCN1. The lowest BCUT2D eigenvalue weighted by atomic mass is 9.79. The first-order chi connectivity index (χ1) is 10.7. The zero-order valence-electron chi connectivity index (χ0n) is 13.1. The van der Waals surface area contributed by atoms with Crippen molar-refractivity contribution in [2.24, 2.45) is 0 Å². The van der Waals surface area contributed by atoms with Gasteiger partial charge in [0.05, 0.1) is 13.2 Å². The Morgan fingerprint density at radius 2 is 2.00 bits per heavy atom. The molecule has 0 bridgehead atoms. The van der Waals surface area contributed by atoms with Crippen molar-refractivity contribution >= 4 is 29.9 Å². The summed E-state index contributed by atoms with van der Waals surface area (Å²) in [5.41, 5.74) is 1.33. The van der Waals surface area contributed by atoms with Crippen molar-refractivity contribution in [2.75, 3.05) is 26.3 Å². The van der Waals surface area contributed by atoms with Gasteiger partial charge in [-0.3, -0.25) is 4.79 Å². The maximum absolute atomic E-state index is 12.3. The van der Waals surface area contributed by atoms with E-state index < -0.39 is 0 Å². The minimum absolute atomic E-state index is 0. The lowest BCUT2D eigenvalue weighted by Crippen LogP contribution is -2.53. The van der Waals surface area contributed by atoms with E-state index in [2.05, 4.69) is 22.8 Å². The van der Waals surface area contributed by atoms with E-state index in [1.54, 1.807) is 0 Å². The molecule has 1 unspecified atom stereocenters. The van der Waals surface area contributed by atoms with Crippen molar-refractivity contribution in [3.8, 4) is 0 Å². The normalized spacial score (nSPS) is 23.1. The van der Waals surface area contributed by atoms with Crippen molar-refractivity contribution in [2.45, 2.75) is 37.1 Å². The van der Waals surface area contributed by atoms with Gasteiger partial charge in [-0.1, -0.05) is 36.6 Å². The van der Waals surface area contributed by atoms with Gasteiger partial charge in [-0.15, -0.1) is 12.4 Å². The molecular weight excluding hydrogens is 335 g/mol. The van der Waals surface area contributed by atoms with Crippen molar-refractivity contribution in [1.82, 2.24) is 10.6 Å². The van der Waals surface area contributed by atoms with Gasteiger partial charge in [0.1, 0.15) is 6.04 Å². The summed E-state index contributed by atoms with van der Waals surface area (Å²) in [6.45, 7) is 2.56. The lowest BCUT2D eigenvalue weighted by Gasteiger charge is -2.31. The summed E-state index contributed by atoms with van der Waals surface area (Å²) < 4.78 is 5.36. The molecule has 1 amide bonds. The summed E-state index contributed by atoms with van der Waals surface area (Å²) in [4.78, 5) is 12.3. The number of hydrogen-bond acceptors (Lipinski definition) is 3. The van der Waals surface area contributed by atoms with E-state index in [-0.39, 0.29) is 29.8 Å². The zero-order valence-corrected chi connectivity index (χ0v) is 14.7. The summed E-state index contributed by atoms with van der Waals surface area (Å²) in [7, 11) is 0. The number of carbonyl (C=O) groups is 1. The van der Waals surface area contributed by atoms with Gasteiger partial charge in [0.2, 0.25) is 5.91 Å². The molecule has 4 nitrogen and oxygen atoms in total. The Bertz CT molecular complexity index is 510. The second-order valence-electron chi connectivity index (χ2n) is 6.29. The highest BCUT2D eigenvalue weighted by molar-refractivity contribution is 6.30. The van der Waals surface area contributed by atoms with Crippen LogP contribution in [-0.4, -0.2) is 38.3 Å². The highest BCUT2D eigenvalue weighted by atomic mass is 35.5. The molecule has 0 radical (unpaired) electrons. The molecule has 0 spiro atoms. The highest BCUT2D eigenvalue weighted by Crippen LogP contribution is 2.40. The maximum Gasteiger partial charge on any atom is 0.239 e. The van der Waals surface area contributed by atoms with Crippen molar-refractivity contribution in [1.29, 1.82) is 0 Å². The monoisotopic (exact) mass is 358 g/mol. The Morgan fingerprint density at radius 3 is 2.61 bits per heavy atom. The molecule has 2 aliphatic rings. The van der Waals surface area contributed by atoms with E-state index >= 15 is 0 Å². The third-order valence-corrected chi connectivity index (χ3v) is 5.11. The Hall–Kier alpha value is -0.810. The zero-order chi connectivity index (χ0) is 15.4. The molecule has 1 aromatic rings. The number of rotatable bonds is 4. The van der Waals surface area contributed by atoms with Gasteiger partial charge in [0, 0.05) is 23.5 Å². The van der Waals surface area contributed by atoms with Gasteiger partial charge < -0.3 is 15.4 Å². The minimum Gasteiger partial charge on any atom is -0.378 e. The average molecular weight is 359 g/mol. The van der Waals surface area contributed by atoms with E-state index in [9.17, 15) is 4.79 Å². The largest absolute Gasteiger partial charge is 0.378 e. The molecule has 2 fully saturated rings. The molecule has 1 heterocycles. The average Bonchev–Trinajstić information content (AvgIpc) is 3.04. The first kappa shape index (κ1) is 18.5. The third-order valence-electron chi connectivity index (χ3n) is 4.86. The molecule has 0 aromatic heterocycles. The fourth-order valence-corrected chi connectivity index (χ4v) is 3.66. The van der Waals surface area contributed by atoms with E-state index in [0.29, 0.717) is 19.8 Å². The van der Waals surface area contributed by atoms with Crippen LogP contribution in [0.2, 0.25) is 5.02 Å². The minimum atomic E-state index is -0.225. The van der Waals surface area contributed by atoms with Crippen LogP contribution in [0.1, 0.15) is 31.2 Å². The van der Waals surface area contributed by atoms with Crippen LogP contribution in [0.5, 0.6) is 0 Å². The van der Waals surface area contributed by atoms with Crippen molar-refractivity contribution in [3.05, 3.63) is 34.9 Å². The molecule has 1 atom stereocenters. The maximum atomic E-state index is 12.3. The van der Waals surface area contributed by atoms with E-state index in [1.807, 2.05) is 12.1 Å². The van der Waals surface area contributed by atoms with Gasteiger partial charge in [0.15, 0.2) is 0 Å². The molecule has 2 N–H and O–H groups in total. The Labute approximate surface area is 148 Å². The number of benzene rings is 1. The Balaban J connectivity index is 0.00000192. The molecule has 3 rings (SSSR count). The number of ether oxygens (including phenoxy) is 1. The molecule has 1 saturated carbocycles. The first-order valence-electron chi connectivity index (χ1n) is 8.05. The smallest absolute Gasteiger partial charge is 0.239 e. The van der Waals surface area contributed by atoms with Gasteiger partial charge >= 0.3 is 0 Å². The molecule has 1 aromatic carbocycles. The number of amides is 1. The Kier molecular flexibility index (Phi) is 6.72. The molecule has 1 saturated heterocycles. The van der Waals surface area contributed by atoms with Gasteiger partial charge in [0.25, 0.3) is 0 Å². The van der Waals surface area contributed by atoms with Crippen LogP contribution < -0.4 is 10.6 Å². The second-order valence-corrected chi connectivity index (χ2v) is 6.73. The summed E-state index contributed by atoms with van der Waals surface area (Å²) in [6, 6.07) is 7.85. The van der Waals surface area contributed by atoms with Crippen LogP contribution in [0, 0.1) is 0 Å². The number of hydrogen-bond donors (Lipinski definition) is 2. The molecule has 23 heavy (non-hydrogen) atoms. The fraction of sp³-hybridized carbons (Fsp3) is 0.588.